The van der Waals surface area contributed by atoms with Crippen molar-refractivity contribution in [3.8, 4) is 0 Å². The number of aliphatic hydroxyl groups excluding tert-OH is 2. The first-order chi connectivity index (χ1) is 10.7. The molecular formula is C18H18O5. The minimum atomic E-state index is -1.64. The molecule has 2 atom stereocenters. The lowest BCUT2D eigenvalue weighted by Gasteiger charge is -2.35. The SMILES string of the molecule is CC1(C)CC(=O)C([C@H]2C(=O)c3ccccc3C(=O)[C@@H]2O)=C(O)C1. The van der Waals surface area contributed by atoms with E-state index in [1.54, 1.807) is 12.1 Å². The quantitative estimate of drug-likeness (QED) is 0.829. The van der Waals surface area contributed by atoms with E-state index >= 15 is 0 Å². The third kappa shape index (κ3) is 2.41. The monoisotopic (exact) mass is 314 g/mol. The molecule has 5 nitrogen and oxygen atoms in total. The van der Waals surface area contributed by atoms with Crippen LogP contribution in [0.25, 0.3) is 0 Å². The van der Waals surface area contributed by atoms with Gasteiger partial charge in [0.15, 0.2) is 17.3 Å². The van der Waals surface area contributed by atoms with Gasteiger partial charge >= 0.3 is 0 Å². The lowest BCUT2D eigenvalue weighted by atomic mass is 9.68. The van der Waals surface area contributed by atoms with Crippen molar-refractivity contribution in [3.05, 3.63) is 46.7 Å². The Bertz CT molecular complexity index is 756. The van der Waals surface area contributed by atoms with E-state index in [4.69, 9.17) is 0 Å². The number of ketones is 3. The summed E-state index contributed by atoms with van der Waals surface area (Å²) in [5.74, 6) is -2.99. The van der Waals surface area contributed by atoms with Gasteiger partial charge in [0.05, 0.1) is 5.92 Å². The number of aliphatic hydroxyl groups is 2. The number of hydrogen-bond acceptors (Lipinski definition) is 5. The fourth-order valence-corrected chi connectivity index (χ4v) is 3.48. The Morgan fingerprint density at radius 2 is 1.57 bits per heavy atom. The number of Topliss-reactive ketones (excluding diaryl/α,β-unsaturated/α-hetero) is 3. The fourth-order valence-electron chi connectivity index (χ4n) is 3.48. The van der Waals surface area contributed by atoms with Crippen LogP contribution < -0.4 is 0 Å². The summed E-state index contributed by atoms with van der Waals surface area (Å²) in [6.45, 7) is 3.69. The fraction of sp³-hybridized carbons (Fsp3) is 0.389. The minimum absolute atomic E-state index is 0.107. The zero-order chi connectivity index (χ0) is 16.9. The molecular weight excluding hydrogens is 296 g/mol. The second-order valence-electron chi connectivity index (χ2n) is 7.00. The van der Waals surface area contributed by atoms with Crippen molar-refractivity contribution in [2.75, 3.05) is 0 Å². The lowest BCUT2D eigenvalue weighted by molar-refractivity contribution is -0.119. The number of allylic oxidation sites excluding steroid dienone is 1. The Morgan fingerprint density at radius 3 is 2.13 bits per heavy atom. The maximum atomic E-state index is 12.7. The van der Waals surface area contributed by atoms with E-state index in [1.807, 2.05) is 13.8 Å². The molecule has 0 heterocycles. The minimum Gasteiger partial charge on any atom is -0.512 e. The largest absolute Gasteiger partial charge is 0.512 e. The van der Waals surface area contributed by atoms with Gasteiger partial charge in [-0.15, -0.1) is 0 Å². The zero-order valence-electron chi connectivity index (χ0n) is 13.0. The van der Waals surface area contributed by atoms with Crippen LogP contribution in [0, 0.1) is 11.3 Å². The van der Waals surface area contributed by atoms with Crippen molar-refractivity contribution in [2.45, 2.75) is 32.8 Å². The smallest absolute Gasteiger partial charge is 0.193 e. The highest BCUT2D eigenvalue weighted by atomic mass is 16.3. The Morgan fingerprint density at radius 1 is 1.00 bits per heavy atom. The molecule has 0 radical (unpaired) electrons. The van der Waals surface area contributed by atoms with Crippen molar-refractivity contribution in [1.29, 1.82) is 0 Å². The molecule has 1 aromatic rings. The van der Waals surface area contributed by atoms with Gasteiger partial charge in [-0.05, 0) is 5.41 Å². The van der Waals surface area contributed by atoms with E-state index in [9.17, 15) is 24.6 Å². The molecule has 0 unspecified atom stereocenters. The molecule has 2 aliphatic rings. The van der Waals surface area contributed by atoms with Crippen LogP contribution in [0.4, 0.5) is 0 Å². The predicted octanol–water partition coefficient (Wildman–Crippen LogP) is 2.24. The Kier molecular flexibility index (Phi) is 3.48. The van der Waals surface area contributed by atoms with Crippen LogP contribution in [0.15, 0.2) is 35.6 Å². The summed E-state index contributed by atoms with van der Waals surface area (Å²) in [5.41, 5.74) is -0.171. The number of hydrogen-bond donors (Lipinski definition) is 2. The number of carbonyl (C=O) groups excluding carboxylic acids is 3. The normalized spacial score (nSPS) is 27.2. The van der Waals surface area contributed by atoms with Gasteiger partial charge in [-0.25, -0.2) is 0 Å². The molecule has 0 spiro atoms. The molecule has 0 saturated heterocycles. The maximum Gasteiger partial charge on any atom is 0.193 e. The van der Waals surface area contributed by atoms with Crippen LogP contribution in [0.5, 0.6) is 0 Å². The van der Waals surface area contributed by atoms with E-state index in [2.05, 4.69) is 0 Å². The van der Waals surface area contributed by atoms with Gasteiger partial charge < -0.3 is 10.2 Å². The van der Waals surface area contributed by atoms with Crippen molar-refractivity contribution in [1.82, 2.24) is 0 Å². The van der Waals surface area contributed by atoms with Gasteiger partial charge in [0.25, 0.3) is 0 Å². The van der Waals surface area contributed by atoms with Crippen LogP contribution in [0.3, 0.4) is 0 Å². The maximum absolute atomic E-state index is 12.7. The molecule has 23 heavy (non-hydrogen) atoms. The molecule has 3 rings (SSSR count). The van der Waals surface area contributed by atoms with Crippen LogP contribution in [0.2, 0.25) is 0 Å². The number of carbonyl (C=O) groups is 3. The summed E-state index contributed by atoms with van der Waals surface area (Å²) >= 11 is 0. The summed E-state index contributed by atoms with van der Waals surface area (Å²) in [4.78, 5) is 37.5. The second kappa shape index (κ2) is 5.13. The van der Waals surface area contributed by atoms with Crippen LogP contribution in [-0.2, 0) is 4.79 Å². The van der Waals surface area contributed by atoms with E-state index in [0.29, 0.717) is 0 Å². The van der Waals surface area contributed by atoms with Crippen molar-refractivity contribution in [3.63, 3.8) is 0 Å². The van der Waals surface area contributed by atoms with E-state index in [-0.39, 0.29) is 41.1 Å². The standard InChI is InChI=1S/C18H18O5/c1-18(2)7-11(19)13(12(20)8-18)14-15(21)9-5-3-4-6-10(9)16(22)17(14)23/h3-6,14,17,19,23H,7-8H2,1-2H3/t14-,17+/m0/s1. The van der Waals surface area contributed by atoms with Gasteiger partial charge in [-0.1, -0.05) is 38.1 Å². The third-order valence-electron chi connectivity index (χ3n) is 4.53. The van der Waals surface area contributed by atoms with E-state index in [1.165, 1.54) is 12.1 Å². The lowest BCUT2D eigenvalue weighted by Crippen LogP contribution is -2.45. The second-order valence-corrected chi connectivity index (χ2v) is 7.00. The Labute approximate surface area is 133 Å². The molecule has 0 aromatic heterocycles. The highest BCUT2D eigenvalue weighted by Gasteiger charge is 2.47. The molecule has 0 fully saturated rings. The van der Waals surface area contributed by atoms with Crippen LogP contribution >= 0.6 is 0 Å². The van der Waals surface area contributed by atoms with Crippen LogP contribution in [0.1, 0.15) is 47.4 Å². The first-order valence-electron chi connectivity index (χ1n) is 7.54. The first-order valence-corrected chi connectivity index (χ1v) is 7.54. The van der Waals surface area contributed by atoms with E-state index in [0.717, 1.165) is 0 Å². The average Bonchev–Trinajstić information content (AvgIpc) is 2.46. The number of rotatable bonds is 1. The van der Waals surface area contributed by atoms with Gasteiger partial charge in [0.2, 0.25) is 0 Å². The van der Waals surface area contributed by atoms with Gasteiger partial charge in [-0.2, -0.15) is 0 Å². The first kappa shape index (κ1) is 15.6. The molecule has 120 valence electrons. The molecule has 0 amide bonds. The molecule has 0 saturated carbocycles. The number of fused-ring (bicyclic) bond motifs is 1. The van der Waals surface area contributed by atoms with Crippen LogP contribution in [-0.4, -0.2) is 33.7 Å². The highest BCUT2D eigenvalue weighted by molar-refractivity contribution is 6.20. The van der Waals surface area contributed by atoms with Gasteiger partial charge in [-0.3, -0.25) is 14.4 Å². The summed E-state index contributed by atoms with van der Waals surface area (Å²) < 4.78 is 0. The molecule has 1 aromatic carbocycles. The molecule has 2 N–H and O–H groups in total. The number of benzene rings is 1. The Hall–Kier alpha value is -2.27. The molecule has 5 heteroatoms. The van der Waals surface area contributed by atoms with Gasteiger partial charge in [0.1, 0.15) is 11.9 Å². The summed E-state index contributed by atoms with van der Waals surface area (Å²) in [7, 11) is 0. The van der Waals surface area contributed by atoms with E-state index < -0.39 is 29.0 Å². The topological polar surface area (TPSA) is 91.7 Å². The van der Waals surface area contributed by atoms with Gasteiger partial charge in [0, 0.05) is 29.5 Å². The zero-order valence-corrected chi connectivity index (χ0v) is 13.0. The third-order valence-corrected chi connectivity index (χ3v) is 4.53. The average molecular weight is 314 g/mol. The van der Waals surface area contributed by atoms with Crippen molar-refractivity contribution < 1.29 is 24.6 Å². The van der Waals surface area contributed by atoms with Crippen molar-refractivity contribution >= 4 is 17.3 Å². The summed E-state index contributed by atoms with van der Waals surface area (Å²) in [5, 5.41) is 20.6. The summed E-state index contributed by atoms with van der Waals surface area (Å²) in [6.07, 6.45) is -1.24. The Balaban J connectivity index is 2.12. The molecule has 0 aliphatic heterocycles. The molecule has 2 aliphatic carbocycles. The molecule has 0 bridgehead atoms. The predicted molar refractivity (Wildman–Crippen MR) is 82.3 cm³/mol. The highest BCUT2D eigenvalue weighted by Crippen LogP contribution is 2.41. The summed E-state index contributed by atoms with van der Waals surface area (Å²) in [6, 6.07) is 6.22. The van der Waals surface area contributed by atoms with Crippen molar-refractivity contribution in [2.24, 2.45) is 11.3 Å².